The molecule has 0 bridgehead atoms. The maximum Gasteiger partial charge on any atom is 0.240 e. The van der Waals surface area contributed by atoms with Gasteiger partial charge in [-0.15, -0.1) is 0 Å². The minimum atomic E-state index is 0.154. The molecule has 1 aliphatic rings. The van der Waals surface area contributed by atoms with Crippen LogP contribution in [0.3, 0.4) is 0 Å². The number of benzene rings is 1. The van der Waals surface area contributed by atoms with E-state index in [2.05, 4.69) is 10.00 Å². The van der Waals surface area contributed by atoms with Crippen LogP contribution in [0, 0.1) is 5.92 Å². The third-order valence-electron chi connectivity index (χ3n) is 4.59. The number of hydrogen-bond acceptors (Lipinski definition) is 3. The standard InChI is InChI=1S/C18H24N4O/c1-20(17-6-3-2-4-7-17)18(23)15-21-12-8-16(9-13-21)14-22-11-5-10-19-22/h2-7,10-11,16H,8-9,12-15H2,1H3. The first-order chi connectivity index (χ1) is 11.2. The normalized spacial score (nSPS) is 16.4. The van der Waals surface area contributed by atoms with E-state index in [4.69, 9.17) is 0 Å². The zero-order valence-corrected chi connectivity index (χ0v) is 13.6. The predicted octanol–water partition coefficient (Wildman–Crippen LogP) is 2.26. The van der Waals surface area contributed by atoms with E-state index < -0.39 is 0 Å². The number of rotatable bonds is 5. The minimum absolute atomic E-state index is 0.154. The van der Waals surface area contributed by atoms with Crippen molar-refractivity contribution in [1.82, 2.24) is 14.7 Å². The van der Waals surface area contributed by atoms with Crippen molar-refractivity contribution < 1.29 is 4.79 Å². The van der Waals surface area contributed by atoms with Crippen LogP contribution in [0.5, 0.6) is 0 Å². The molecule has 1 aromatic heterocycles. The summed E-state index contributed by atoms with van der Waals surface area (Å²) in [7, 11) is 1.85. The molecule has 5 nitrogen and oxygen atoms in total. The fourth-order valence-corrected chi connectivity index (χ4v) is 3.09. The van der Waals surface area contributed by atoms with Gasteiger partial charge in [0.2, 0.25) is 5.91 Å². The Labute approximate surface area is 137 Å². The van der Waals surface area contributed by atoms with Gasteiger partial charge in [-0.3, -0.25) is 14.4 Å². The number of nitrogens with zero attached hydrogens (tertiary/aromatic N) is 4. The molecule has 0 unspecified atom stereocenters. The zero-order chi connectivity index (χ0) is 16.1. The highest BCUT2D eigenvalue weighted by Crippen LogP contribution is 2.19. The molecule has 2 heterocycles. The Hall–Kier alpha value is -2.14. The van der Waals surface area contributed by atoms with E-state index in [0.29, 0.717) is 12.5 Å². The summed E-state index contributed by atoms with van der Waals surface area (Å²) in [6.45, 7) is 3.46. The SMILES string of the molecule is CN(C(=O)CN1CCC(Cn2cccn2)CC1)c1ccccc1. The lowest BCUT2D eigenvalue weighted by atomic mass is 9.97. The summed E-state index contributed by atoms with van der Waals surface area (Å²) >= 11 is 0. The molecular weight excluding hydrogens is 288 g/mol. The molecule has 1 aliphatic heterocycles. The van der Waals surface area contributed by atoms with Crippen molar-refractivity contribution in [1.29, 1.82) is 0 Å². The van der Waals surface area contributed by atoms with Gasteiger partial charge in [0.25, 0.3) is 0 Å². The molecule has 1 saturated heterocycles. The molecule has 0 aliphatic carbocycles. The van der Waals surface area contributed by atoms with E-state index in [1.807, 2.05) is 60.5 Å². The second kappa shape index (κ2) is 7.42. The number of likely N-dealkylation sites (N-methyl/N-ethyl adjacent to an activating group) is 1. The Morgan fingerprint density at radius 2 is 1.96 bits per heavy atom. The molecule has 2 aromatic rings. The fraction of sp³-hybridized carbons (Fsp3) is 0.444. The molecule has 0 atom stereocenters. The third-order valence-corrected chi connectivity index (χ3v) is 4.59. The summed E-state index contributed by atoms with van der Waals surface area (Å²) in [5, 5.41) is 4.28. The first-order valence-electron chi connectivity index (χ1n) is 8.24. The molecule has 1 fully saturated rings. The van der Waals surface area contributed by atoms with Gasteiger partial charge in [-0.2, -0.15) is 5.10 Å². The number of hydrogen-bond donors (Lipinski definition) is 0. The molecule has 0 radical (unpaired) electrons. The Morgan fingerprint density at radius 3 is 2.61 bits per heavy atom. The van der Waals surface area contributed by atoms with Crippen molar-refractivity contribution in [3.63, 3.8) is 0 Å². The second-order valence-electron chi connectivity index (χ2n) is 6.24. The summed E-state index contributed by atoms with van der Waals surface area (Å²) in [5.41, 5.74) is 0.950. The highest BCUT2D eigenvalue weighted by Gasteiger charge is 2.22. The molecule has 23 heavy (non-hydrogen) atoms. The molecule has 1 aromatic carbocycles. The average Bonchev–Trinajstić information content (AvgIpc) is 3.10. The van der Waals surface area contributed by atoms with E-state index in [0.717, 1.165) is 38.2 Å². The molecule has 0 N–H and O–H groups in total. The molecule has 0 spiro atoms. The van der Waals surface area contributed by atoms with Crippen molar-refractivity contribution in [3.8, 4) is 0 Å². The monoisotopic (exact) mass is 312 g/mol. The van der Waals surface area contributed by atoms with Crippen molar-refractivity contribution in [2.24, 2.45) is 5.92 Å². The Kier molecular flexibility index (Phi) is 5.08. The quantitative estimate of drug-likeness (QED) is 0.850. The maximum absolute atomic E-state index is 12.4. The third kappa shape index (κ3) is 4.20. The molecule has 3 rings (SSSR count). The van der Waals surface area contributed by atoms with Crippen molar-refractivity contribution in [2.45, 2.75) is 19.4 Å². The molecule has 122 valence electrons. The largest absolute Gasteiger partial charge is 0.314 e. The van der Waals surface area contributed by atoms with Gasteiger partial charge in [-0.05, 0) is 50.0 Å². The lowest BCUT2D eigenvalue weighted by molar-refractivity contribution is -0.119. The van der Waals surface area contributed by atoms with E-state index in [-0.39, 0.29) is 5.91 Å². The Morgan fingerprint density at radius 1 is 1.22 bits per heavy atom. The van der Waals surface area contributed by atoms with Crippen molar-refractivity contribution in [2.75, 3.05) is 31.6 Å². The fourth-order valence-electron chi connectivity index (χ4n) is 3.09. The first kappa shape index (κ1) is 15.7. The van der Waals surface area contributed by atoms with Crippen LogP contribution in [0.4, 0.5) is 5.69 Å². The van der Waals surface area contributed by atoms with Gasteiger partial charge in [-0.25, -0.2) is 0 Å². The van der Waals surface area contributed by atoms with Crippen molar-refractivity contribution >= 4 is 11.6 Å². The Balaban J connectivity index is 1.46. The number of piperidine rings is 1. The number of amides is 1. The first-order valence-corrected chi connectivity index (χ1v) is 8.24. The van der Waals surface area contributed by atoms with Crippen LogP contribution in [-0.2, 0) is 11.3 Å². The maximum atomic E-state index is 12.4. The van der Waals surface area contributed by atoms with Gasteiger partial charge >= 0.3 is 0 Å². The number of carbonyl (C=O) groups is 1. The molecular formula is C18H24N4O. The van der Waals surface area contributed by atoms with E-state index in [1.54, 1.807) is 4.90 Å². The number of aromatic nitrogens is 2. The second-order valence-corrected chi connectivity index (χ2v) is 6.24. The molecule has 1 amide bonds. The number of likely N-dealkylation sites (tertiary alicyclic amines) is 1. The Bertz CT molecular complexity index is 603. The topological polar surface area (TPSA) is 41.4 Å². The van der Waals surface area contributed by atoms with Gasteiger partial charge in [0.15, 0.2) is 0 Å². The van der Waals surface area contributed by atoms with E-state index in [9.17, 15) is 4.79 Å². The molecule has 0 saturated carbocycles. The van der Waals surface area contributed by atoms with Gasteiger partial charge in [0.1, 0.15) is 0 Å². The van der Waals surface area contributed by atoms with Crippen LogP contribution in [0.25, 0.3) is 0 Å². The average molecular weight is 312 g/mol. The smallest absolute Gasteiger partial charge is 0.240 e. The van der Waals surface area contributed by atoms with Crippen molar-refractivity contribution in [3.05, 3.63) is 48.8 Å². The zero-order valence-electron chi connectivity index (χ0n) is 13.6. The lowest BCUT2D eigenvalue weighted by Crippen LogP contribution is -2.42. The van der Waals surface area contributed by atoms with E-state index >= 15 is 0 Å². The van der Waals surface area contributed by atoms with Crippen LogP contribution in [0.15, 0.2) is 48.8 Å². The van der Waals surface area contributed by atoms with Gasteiger partial charge in [0.05, 0.1) is 6.54 Å². The van der Waals surface area contributed by atoms with Crippen LogP contribution >= 0.6 is 0 Å². The lowest BCUT2D eigenvalue weighted by Gasteiger charge is -2.32. The minimum Gasteiger partial charge on any atom is -0.314 e. The van der Waals surface area contributed by atoms with Gasteiger partial charge < -0.3 is 4.90 Å². The summed E-state index contributed by atoms with van der Waals surface area (Å²) < 4.78 is 2.01. The highest BCUT2D eigenvalue weighted by molar-refractivity contribution is 5.94. The number of anilines is 1. The number of para-hydroxylation sites is 1. The summed E-state index contributed by atoms with van der Waals surface area (Å²) in [4.78, 5) is 16.4. The number of carbonyl (C=O) groups excluding carboxylic acids is 1. The summed E-state index contributed by atoms with van der Waals surface area (Å²) in [5.74, 6) is 0.815. The summed E-state index contributed by atoms with van der Waals surface area (Å²) in [6.07, 6.45) is 6.10. The van der Waals surface area contributed by atoms with Crippen LogP contribution in [0.1, 0.15) is 12.8 Å². The summed E-state index contributed by atoms with van der Waals surface area (Å²) in [6, 6.07) is 11.8. The molecule has 5 heteroatoms. The van der Waals surface area contributed by atoms with Crippen LogP contribution < -0.4 is 4.90 Å². The van der Waals surface area contributed by atoms with Gasteiger partial charge in [-0.1, -0.05) is 18.2 Å². The van der Waals surface area contributed by atoms with E-state index in [1.165, 1.54) is 0 Å². The predicted molar refractivity (Wildman–Crippen MR) is 91.2 cm³/mol. The highest BCUT2D eigenvalue weighted by atomic mass is 16.2. The van der Waals surface area contributed by atoms with Crippen LogP contribution in [-0.4, -0.2) is 47.3 Å². The van der Waals surface area contributed by atoms with Crippen LogP contribution in [0.2, 0.25) is 0 Å². The van der Waals surface area contributed by atoms with Gasteiger partial charge in [0, 0.05) is 31.7 Å².